The van der Waals surface area contributed by atoms with Gasteiger partial charge in [-0.3, -0.25) is 0 Å². The predicted octanol–water partition coefficient (Wildman–Crippen LogP) is 7.19. The van der Waals surface area contributed by atoms with E-state index in [-0.39, 0.29) is 21.8 Å². The molecule has 1 unspecified atom stereocenters. The average Bonchev–Trinajstić information content (AvgIpc) is 2.67. The molecule has 2 heteroatoms. The SMILES string of the molecule is CC1(C)Cc2ccccc2C(C)(C)C1(C)N.Cc1cc2c(cc1N)C(C)(C)CCC2(C)C. The van der Waals surface area contributed by atoms with Crippen molar-refractivity contribution in [2.45, 2.75) is 110 Å². The molecule has 4 rings (SSSR count). The summed E-state index contributed by atoms with van der Waals surface area (Å²) in [5.41, 5.74) is 21.2. The quantitative estimate of drug-likeness (QED) is 0.431. The van der Waals surface area contributed by atoms with E-state index in [9.17, 15) is 0 Å². The summed E-state index contributed by atoms with van der Waals surface area (Å²) in [6, 6.07) is 13.2. The van der Waals surface area contributed by atoms with Gasteiger partial charge >= 0.3 is 0 Å². The number of rotatable bonds is 0. The number of aryl methyl sites for hydroxylation is 1. The molecule has 2 nitrogen and oxygen atoms in total. The lowest BCUT2D eigenvalue weighted by molar-refractivity contribution is 0.0848. The van der Waals surface area contributed by atoms with Crippen LogP contribution in [-0.4, -0.2) is 5.54 Å². The summed E-state index contributed by atoms with van der Waals surface area (Å²) < 4.78 is 0. The van der Waals surface area contributed by atoms with E-state index in [0.717, 1.165) is 12.1 Å². The Bertz CT molecular complexity index is 964. The van der Waals surface area contributed by atoms with Gasteiger partial charge in [0.2, 0.25) is 0 Å². The van der Waals surface area contributed by atoms with Gasteiger partial charge in [0, 0.05) is 16.6 Å². The van der Waals surface area contributed by atoms with Crippen molar-refractivity contribution >= 4 is 5.69 Å². The highest BCUT2D eigenvalue weighted by Gasteiger charge is 2.53. The molecular formula is C30H46N2. The molecule has 0 saturated heterocycles. The van der Waals surface area contributed by atoms with Crippen LogP contribution in [0, 0.1) is 12.3 Å². The van der Waals surface area contributed by atoms with Gasteiger partial charge in [0.1, 0.15) is 0 Å². The lowest BCUT2D eigenvalue weighted by Gasteiger charge is -2.56. The Morgan fingerprint density at radius 2 is 1.22 bits per heavy atom. The third-order valence-corrected chi connectivity index (χ3v) is 9.27. The molecule has 1 atom stereocenters. The Morgan fingerprint density at radius 1 is 0.719 bits per heavy atom. The van der Waals surface area contributed by atoms with Crippen molar-refractivity contribution in [1.82, 2.24) is 0 Å². The summed E-state index contributed by atoms with van der Waals surface area (Å²) in [6.07, 6.45) is 3.57. The van der Waals surface area contributed by atoms with Crippen molar-refractivity contribution in [1.29, 1.82) is 0 Å². The van der Waals surface area contributed by atoms with Crippen LogP contribution in [0.4, 0.5) is 5.69 Å². The minimum absolute atomic E-state index is 0.0192. The smallest absolute Gasteiger partial charge is 0.0346 e. The fourth-order valence-corrected chi connectivity index (χ4v) is 5.81. The third kappa shape index (κ3) is 3.89. The van der Waals surface area contributed by atoms with Crippen LogP contribution in [-0.2, 0) is 22.7 Å². The molecule has 2 aromatic carbocycles. The van der Waals surface area contributed by atoms with E-state index in [2.05, 4.69) is 106 Å². The van der Waals surface area contributed by atoms with Crippen molar-refractivity contribution in [3.8, 4) is 0 Å². The van der Waals surface area contributed by atoms with Gasteiger partial charge in [0.25, 0.3) is 0 Å². The number of hydrogen-bond acceptors (Lipinski definition) is 2. The zero-order chi connectivity index (χ0) is 24.3. The molecule has 0 bridgehead atoms. The first-order valence-electron chi connectivity index (χ1n) is 12.2. The molecule has 0 radical (unpaired) electrons. The average molecular weight is 435 g/mol. The number of hydrogen-bond donors (Lipinski definition) is 2. The van der Waals surface area contributed by atoms with Crippen molar-refractivity contribution < 1.29 is 0 Å². The summed E-state index contributed by atoms with van der Waals surface area (Å²) in [4.78, 5) is 0. The van der Waals surface area contributed by atoms with Gasteiger partial charge in [0.05, 0.1) is 0 Å². The lowest BCUT2D eigenvalue weighted by atomic mass is 9.51. The molecule has 0 aromatic heterocycles. The standard InChI is InChI=1S/2C15H23N/c1-10-8-11-12(9-13(10)16)15(4,5)7-6-14(11,2)3;1-13(2)10-11-8-6-7-9-12(11)14(3,4)15(13,5)16/h8-9H,6-7,16H2,1-5H3;6-9H,10,16H2,1-5H3. The van der Waals surface area contributed by atoms with Crippen molar-refractivity contribution in [3.63, 3.8) is 0 Å². The number of benzene rings is 2. The van der Waals surface area contributed by atoms with Gasteiger partial charge in [0.15, 0.2) is 0 Å². The minimum atomic E-state index is -0.186. The molecule has 0 amide bonds. The van der Waals surface area contributed by atoms with Gasteiger partial charge in [-0.1, -0.05) is 85.7 Å². The van der Waals surface area contributed by atoms with E-state index in [1.807, 2.05) is 0 Å². The topological polar surface area (TPSA) is 52.0 Å². The predicted molar refractivity (Wildman–Crippen MR) is 140 cm³/mol. The first-order chi connectivity index (χ1) is 14.4. The summed E-state index contributed by atoms with van der Waals surface area (Å²) >= 11 is 0. The van der Waals surface area contributed by atoms with E-state index >= 15 is 0 Å². The van der Waals surface area contributed by atoms with Crippen LogP contribution in [0.1, 0.15) is 103 Å². The van der Waals surface area contributed by atoms with Crippen molar-refractivity contribution in [2.75, 3.05) is 5.73 Å². The minimum Gasteiger partial charge on any atom is -0.399 e. The Balaban J connectivity index is 0.000000181. The van der Waals surface area contributed by atoms with Crippen LogP contribution in [0.5, 0.6) is 0 Å². The lowest BCUT2D eigenvalue weighted by Crippen LogP contribution is -2.65. The maximum Gasteiger partial charge on any atom is 0.0346 e. The maximum absolute atomic E-state index is 6.65. The number of anilines is 1. The molecule has 176 valence electrons. The first kappa shape index (κ1) is 24.8. The number of nitrogens with two attached hydrogens (primary N) is 2. The molecule has 2 aromatic rings. The Hall–Kier alpha value is -1.80. The van der Waals surface area contributed by atoms with E-state index in [0.29, 0.717) is 5.41 Å². The van der Waals surface area contributed by atoms with E-state index in [4.69, 9.17) is 11.5 Å². The van der Waals surface area contributed by atoms with Gasteiger partial charge < -0.3 is 11.5 Å². The molecule has 2 aliphatic carbocycles. The molecule has 0 aliphatic heterocycles. The third-order valence-electron chi connectivity index (χ3n) is 9.27. The Kier molecular flexibility index (Phi) is 5.91. The molecule has 0 spiro atoms. The maximum atomic E-state index is 6.65. The second kappa shape index (κ2) is 7.62. The highest BCUT2D eigenvalue weighted by Crippen LogP contribution is 2.51. The van der Waals surface area contributed by atoms with Crippen LogP contribution >= 0.6 is 0 Å². The van der Waals surface area contributed by atoms with Crippen LogP contribution in [0.3, 0.4) is 0 Å². The van der Waals surface area contributed by atoms with Crippen molar-refractivity contribution in [2.24, 2.45) is 11.1 Å². The molecule has 4 N–H and O–H groups in total. The summed E-state index contributed by atoms with van der Waals surface area (Å²) in [5, 5.41) is 0. The van der Waals surface area contributed by atoms with Crippen LogP contribution < -0.4 is 11.5 Å². The molecular weight excluding hydrogens is 388 g/mol. The fourth-order valence-electron chi connectivity index (χ4n) is 5.81. The van der Waals surface area contributed by atoms with Gasteiger partial charge in [-0.05, 0) is 83.2 Å². The van der Waals surface area contributed by atoms with Crippen LogP contribution in [0.2, 0.25) is 0 Å². The van der Waals surface area contributed by atoms with Crippen LogP contribution in [0.25, 0.3) is 0 Å². The summed E-state index contributed by atoms with van der Waals surface area (Å²) in [6.45, 7) is 22.8. The van der Waals surface area contributed by atoms with E-state index in [1.165, 1.54) is 40.7 Å². The van der Waals surface area contributed by atoms with Gasteiger partial charge in [-0.25, -0.2) is 0 Å². The second-order valence-corrected chi connectivity index (χ2v) is 13.1. The highest BCUT2D eigenvalue weighted by molar-refractivity contribution is 5.56. The molecule has 0 fully saturated rings. The zero-order valence-corrected chi connectivity index (χ0v) is 22.2. The summed E-state index contributed by atoms with van der Waals surface area (Å²) in [5.74, 6) is 0. The molecule has 2 aliphatic rings. The summed E-state index contributed by atoms with van der Waals surface area (Å²) in [7, 11) is 0. The zero-order valence-electron chi connectivity index (χ0n) is 22.2. The number of nitrogen functional groups attached to an aromatic ring is 1. The number of fused-ring (bicyclic) bond motifs is 2. The van der Waals surface area contributed by atoms with Crippen LogP contribution in [0.15, 0.2) is 36.4 Å². The highest BCUT2D eigenvalue weighted by atomic mass is 14.8. The van der Waals surface area contributed by atoms with E-state index in [1.54, 1.807) is 0 Å². The Morgan fingerprint density at radius 3 is 1.78 bits per heavy atom. The van der Waals surface area contributed by atoms with Gasteiger partial charge in [-0.15, -0.1) is 0 Å². The molecule has 0 heterocycles. The van der Waals surface area contributed by atoms with Gasteiger partial charge in [-0.2, -0.15) is 0 Å². The molecule has 0 saturated carbocycles. The monoisotopic (exact) mass is 434 g/mol. The largest absolute Gasteiger partial charge is 0.399 e. The molecule has 32 heavy (non-hydrogen) atoms. The Labute approximate surface area is 197 Å². The second-order valence-electron chi connectivity index (χ2n) is 13.1. The fraction of sp³-hybridized carbons (Fsp3) is 0.600. The normalized spacial score (nSPS) is 26.2. The first-order valence-corrected chi connectivity index (χ1v) is 12.2. The van der Waals surface area contributed by atoms with E-state index < -0.39 is 0 Å². The van der Waals surface area contributed by atoms with Crippen molar-refractivity contribution in [3.05, 3.63) is 64.2 Å².